The molecule has 0 aliphatic heterocycles. The van der Waals surface area contributed by atoms with Gasteiger partial charge in [0.05, 0.1) is 27.1 Å². The second-order valence-corrected chi connectivity index (χ2v) is 26.7. The van der Waals surface area contributed by atoms with E-state index in [0.717, 1.165) is 76.9 Å². The second-order valence-electron chi connectivity index (χ2n) is 22.2. The monoisotopic (exact) mass is 1380 g/mol. The number of ether oxygens (including phenoxy) is 1. The number of aromatic nitrogens is 2. The van der Waals surface area contributed by atoms with Crippen molar-refractivity contribution in [2.45, 2.75) is 142 Å². The van der Waals surface area contributed by atoms with E-state index in [-0.39, 0.29) is 11.3 Å². The molecule has 0 radical (unpaired) electrons. The molecular weight excluding hydrogens is 1290 g/mol. The zero-order chi connectivity index (χ0) is 70.1. The maximum atomic E-state index is 12.1. The van der Waals surface area contributed by atoms with E-state index >= 15 is 0 Å². The van der Waals surface area contributed by atoms with Crippen molar-refractivity contribution in [3.8, 4) is 17.0 Å². The number of aryl methyl sites for hydroxylation is 6. The van der Waals surface area contributed by atoms with Crippen LogP contribution in [0.2, 0.25) is 21.1 Å². The van der Waals surface area contributed by atoms with E-state index < -0.39 is 31.2 Å². The maximum Gasteiger partial charge on any atom is 0.501 e. The molecule has 9 rings (SSSR count). The van der Waals surface area contributed by atoms with Gasteiger partial charge in [0.25, 0.3) is 5.69 Å². The van der Waals surface area contributed by atoms with E-state index in [9.17, 15) is 28.1 Å². The molecule has 0 bridgehead atoms. The van der Waals surface area contributed by atoms with Crippen molar-refractivity contribution in [2.75, 3.05) is 26.4 Å². The van der Waals surface area contributed by atoms with Crippen molar-refractivity contribution in [2.24, 2.45) is 0 Å². The minimum atomic E-state index is -4.54. The van der Waals surface area contributed by atoms with Gasteiger partial charge in [-0.05, 0) is 209 Å². The van der Waals surface area contributed by atoms with Crippen LogP contribution in [0, 0.1) is 93.2 Å². The summed E-state index contributed by atoms with van der Waals surface area (Å²) < 4.78 is 63.3. The zero-order valence-electron chi connectivity index (χ0n) is 57.1. The first-order valence-corrected chi connectivity index (χ1v) is 35.1. The molecule has 8 aromatic carbocycles. The molecular formula is C76H91Cl3F3N3O7SSi. The molecule has 0 fully saturated rings. The predicted molar refractivity (Wildman–Crippen MR) is 387 cm³/mol. The topological polar surface area (TPSA) is 123 Å². The van der Waals surface area contributed by atoms with Crippen molar-refractivity contribution in [1.29, 1.82) is 0 Å². The Morgan fingerprint density at radius 2 is 1.05 bits per heavy atom. The number of nitro benzene ring substituents is 1. The molecule has 0 aliphatic carbocycles. The van der Waals surface area contributed by atoms with Gasteiger partial charge >= 0.3 is 15.0 Å². The first kappa shape index (κ1) is 81.2. The number of carbonyl (C=O) groups is 1. The van der Waals surface area contributed by atoms with Gasteiger partial charge in [0, 0.05) is 64.6 Å². The summed E-state index contributed by atoms with van der Waals surface area (Å²) in [6, 6.07) is 48.8. The Balaban J connectivity index is 0.000000288. The smallest absolute Gasteiger partial charge is 0.494 e. The number of hydrogen-bond acceptors (Lipinski definition) is 10. The van der Waals surface area contributed by atoms with Crippen LogP contribution >= 0.6 is 46.3 Å². The van der Waals surface area contributed by atoms with Gasteiger partial charge in [0.2, 0.25) is 0 Å². The van der Waals surface area contributed by atoms with Crippen LogP contribution < -0.4 is 4.74 Å². The number of unbranched alkanes of at least 4 members (excludes halogenated alkanes) is 1. The lowest BCUT2D eigenvalue weighted by atomic mass is 9.90. The van der Waals surface area contributed by atoms with Gasteiger partial charge in [-0.3, -0.25) is 14.9 Å². The minimum absolute atomic E-state index is 0.0827. The van der Waals surface area contributed by atoms with E-state index in [1.807, 2.05) is 107 Å². The summed E-state index contributed by atoms with van der Waals surface area (Å²) in [5.41, 5.74) is 18.1. The van der Waals surface area contributed by atoms with Crippen LogP contribution in [0.4, 0.5) is 18.9 Å². The van der Waals surface area contributed by atoms with Gasteiger partial charge in [-0.1, -0.05) is 190 Å². The van der Waals surface area contributed by atoms with E-state index in [1.54, 1.807) is 12.1 Å². The molecule has 94 heavy (non-hydrogen) atoms. The number of nitrogens with zero attached hydrogens (tertiary/aromatic N) is 3. The largest absolute Gasteiger partial charge is 0.501 e. The van der Waals surface area contributed by atoms with Crippen molar-refractivity contribution < 1.29 is 40.9 Å². The van der Waals surface area contributed by atoms with Crippen LogP contribution in [0.3, 0.4) is 0 Å². The summed E-state index contributed by atoms with van der Waals surface area (Å²) in [5.74, 6) is 1.06. The van der Waals surface area contributed by atoms with Gasteiger partial charge in [-0.2, -0.15) is 13.2 Å². The molecule has 504 valence electrons. The Morgan fingerprint density at radius 3 is 1.50 bits per heavy atom. The molecule has 0 spiro atoms. The highest BCUT2D eigenvalue weighted by molar-refractivity contribution is 7.03. The number of nitro groups is 1. The van der Waals surface area contributed by atoms with Crippen molar-refractivity contribution in [1.82, 2.24) is 9.59 Å². The number of carbonyl (C=O) groups excluding carboxylic acids is 1. The van der Waals surface area contributed by atoms with Crippen molar-refractivity contribution in [3.63, 3.8) is 0 Å². The summed E-state index contributed by atoms with van der Waals surface area (Å²) in [7, 11) is -2.49. The standard InChI is InChI=1S/C15H26O3Si.C14H12O.C12H18.C11H16O.C9H8N2S.C8H6F3NO2.C7H5Cl3/c1-5-16-19(17-6-2,18-7-3)13-12-15-10-8-14(4)9-11-15;1-11-6-5-9-13(10-11)14(15)12-7-3-2-4-8-12;1-7-8(2)10(4)12(6)11(5)9(7)3;1-3-4-9-12-11-7-5-10(2)6-8-11;1-7-2-4-8(5-3-7)9-6-12-11-10-9;1-5-2-3-6(8(9,10)11)4-7(5)12(13)14;1-4-5(8)2-3-6(9)7(4)10/h8-11H,5-7,12-13H2,1-4H3;2-10H,1H3;1-6H3;5-8H,3-4,9H2,1-2H3;2-6H,1H3;2-4H,1H3;2-3H,1H3. The molecule has 0 aliphatic rings. The first-order chi connectivity index (χ1) is 44.5. The van der Waals surface area contributed by atoms with Gasteiger partial charge in [-0.25, -0.2) is 0 Å². The minimum Gasteiger partial charge on any atom is -0.494 e. The lowest BCUT2D eigenvalue weighted by Crippen LogP contribution is -2.46. The fraction of sp³-hybridized carbons (Fsp3) is 0.329. The quantitative estimate of drug-likeness (QED) is 0.0219. The fourth-order valence-corrected chi connectivity index (χ4v) is 12.5. The third kappa shape index (κ3) is 27.7. The third-order valence-corrected chi connectivity index (χ3v) is 20.0. The van der Waals surface area contributed by atoms with E-state index in [0.29, 0.717) is 41.0 Å². The Kier molecular flexibility index (Phi) is 36.0. The van der Waals surface area contributed by atoms with Crippen LogP contribution in [0.1, 0.15) is 134 Å². The molecule has 0 saturated heterocycles. The number of alkyl halides is 3. The highest BCUT2D eigenvalue weighted by Gasteiger charge is 2.40. The van der Waals surface area contributed by atoms with Crippen LogP contribution in [0.15, 0.2) is 163 Å². The van der Waals surface area contributed by atoms with Gasteiger partial charge in [0.15, 0.2) is 5.78 Å². The summed E-state index contributed by atoms with van der Waals surface area (Å²) in [6.45, 7) is 35.6. The molecule has 0 saturated carbocycles. The van der Waals surface area contributed by atoms with Crippen molar-refractivity contribution >= 4 is 66.6 Å². The lowest BCUT2D eigenvalue weighted by molar-refractivity contribution is -0.385. The van der Waals surface area contributed by atoms with Crippen molar-refractivity contribution in [3.05, 3.63) is 277 Å². The molecule has 10 nitrogen and oxygen atoms in total. The molecule has 9 aromatic rings. The number of benzene rings is 8. The summed E-state index contributed by atoms with van der Waals surface area (Å²) in [6.07, 6.45) is -1.29. The summed E-state index contributed by atoms with van der Waals surface area (Å²) in [5, 5.41) is 18.0. The Labute approximate surface area is 576 Å². The highest BCUT2D eigenvalue weighted by atomic mass is 35.5. The molecule has 1 aromatic heterocycles. The van der Waals surface area contributed by atoms with E-state index in [2.05, 4.69) is 139 Å². The maximum absolute atomic E-state index is 12.1. The number of hydrogen-bond donors (Lipinski definition) is 0. The van der Waals surface area contributed by atoms with Gasteiger partial charge in [-0.15, -0.1) is 5.10 Å². The normalized spacial score (nSPS) is 10.6. The first-order valence-electron chi connectivity index (χ1n) is 31.2. The molecule has 0 N–H and O–H groups in total. The summed E-state index contributed by atoms with van der Waals surface area (Å²) in [4.78, 5) is 21.5. The van der Waals surface area contributed by atoms with Gasteiger partial charge in [0.1, 0.15) is 11.4 Å². The van der Waals surface area contributed by atoms with Gasteiger partial charge < -0.3 is 18.0 Å². The molecule has 0 atom stereocenters. The molecule has 18 heteroatoms. The summed E-state index contributed by atoms with van der Waals surface area (Å²) >= 11 is 18.6. The average molecular weight is 1380 g/mol. The van der Waals surface area contributed by atoms with Crippen LogP contribution in [0.25, 0.3) is 11.3 Å². The number of rotatable bonds is 17. The van der Waals surface area contributed by atoms with Crippen LogP contribution in [-0.4, -0.2) is 55.5 Å². The van der Waals surface area contributed by atoms with Crippen LogP contribution in [-0.2, 0) is 25.9 Å². The Morgan fingerprint density at radius 1 is 0.564 bits per heavy atom. The second kappa shape index (κ2) is 41.7. The molecule has 0 unspecified atom stereocenters. The lowest BCUT2D eigenvalue weighted by Gasteiger charge is -2.28. The Hall–Kier alpha value is -7.05. The van der Waals surface area contributed by atoms with E-state index in [1.165, 1.54) is 80.5 Å². The SMILES string of the molecule is CCCCOc1ccc(C)cc1.CCO[Si](CCc1ccc(C)cc1)(OCC)OCC.Cc1c(C)c(C)c(C)c(C)c1C.Cc1c(Cl)ccc(Cl)c1Cl.Cc1ccc(-c2csnn2)cc1.Cc1ccc(C(F)(F)F)cc1[N+](=O)[O-].Cc1cccc(C(=O)c2ccccc2)c1. The zero-order valence-corrected chi connectivity index (χ0v) is 61.2. The number of halogens is 6. The predicted octanol–water partition coefficient (Wildman–Crippen LogP) is 22.9. The molecule has 1 heterocycles. The third-order valence-electron chi connectivity index (χ3n) is 15.1. The highest BCUT2D eigenvalue weighted by Crippen LogP contribution is 2.33. The Bertz CT molecular complexity index is 3580. The van der Waals surface area contributed by atoms with Crippen LogP contribution in [0.5, 0.6) is 5.75 Å². The molecule has 0 amide bonds. The van der Waals surface area contributed by atoms with E-state index in [4.69, 9.17) is 52.8 Å². The average Bonchev–Trinajstić information content (AvgIpc) is 0.998. The number of ketones is 1. The fourth-order valence-electron chi connectivity index (χ4n) is 8.88.